The zero-order valence-corrected chi connectivity index (χ0v) is 15.7. The Kier molecular flexibility index (Phi) is 4.94. The van der Waals surface area contributed by atoms with E-state index < -0.39 is 5.95 Å². The van der Waals surface area contributed by atoms with E-state index >= 15 is 0 Å². The van der Waals surface area contributed by atoms with E-state index in [1.165, 1.54) is 6.07 Å². The van der Waals surface area contributed by atoms with Crippen LogP contribution >= 0.6 is 0 Å². The number of fused-ring (bicyclic) bond motifs is 1. The summed E-state index contributed by atoms with van der Waals surface area (Å²) in [6.07, 6.45) is 2.59. The molecule has 2 aromatic heterocycles. The molecule has 2 aromatic rings. The highest BCUT2D eigenvalue weighted by Crippen LogP contribution is 2.38. The SMILES string of the molecule is Fc1ccc(C2CC3C(CN2)NNC3c2cccc(N3CCNCC3)n2)cn1. The zero-order valence-electron chi connectivity index (χ0n) is 15.7. The lowest BCUT2D eigenvalue weighted by molar-refractivity contribution is 0.265. The van der Waals surface area contributed by atoms with Crippen LogP contribution in [0.3, 0.4) is 0 Å². The van der Waals surface area contributed by atoms with E-state index in [4.69, 9.17) is 4.98 Å². The van der Waals surface area contributed by atoms with Crippen LogP contribution in [-0.4, -0.2) is 48.7 Å². The molecule has 3 aliphatic rings. The predicted molar refractivity (Wildman–Crippen MR) is 105 cm³/mol. The number of halogens is 1. The maximum atomic E-state index is 13.2. The van der Waals surface area contributed by atoms with Gasteiger partial charge in [-0.1, -0.05) is 12.1 Å². The number of rotatable bonds is 3. The fraction of sp³-hybridized carbons (Fsp3) is 0.500. The van der Waals surface area contributed by atoms with Crippen molar-refractivity contribution in [1.29, 1.82) is 0 Å². The number of nitrogens with zero attached hydrogens (tertiary/aromatic N) is 3. The lowest BCUT2D eigenvalue weighted by atomic mass is 9.81. The molecule has 4 atom stereocenters. The number of piperazine rings is 1. The first kappa shape index (κ1) is 17.9. The molecule has 5 heterocycles. The van der Waals surface area contributed by atoms with Crippen molar-refractivity contribution >= 4 is 5.82 Å². The van der Waals surface area contributed by atoms with Gasteiger partial charge in [0, 0.05) is 56.9 Å². The van der Waals surface area contributed by atoms with Crippen LogP contribution in [0, 0.1) is 11.9 Å². The molecule has 4 N–H and O–H groups in total. The second-order valence-electron chi connectivity index (χ2n) is 7.81. The van der Waals surface area contributed by atoms with Crippen LogP contribution in [0.4, 0.5) is 10.2 Å². The third-order valence-electron chi connectivity index (χ3n) is 6.13. The molecule has 0 aliphatic carbocycles. The van der Waals surface area contributed by atoms with Gasteiger partial charge >= 0.3 is 0 Å². The van der Waals surface area contributed by atoms with Gasteiger partial charge in [-0.25, -0.2) is 15.4 Å². The Labute approximate surface area is 164 Å². The summed E-state index contributed by atoms with van der Waals surface area (Å²) >= 11 is 0. The summed E-state index contributed by atoms with van der Waals surface area (Å²) in [5.41, 5.74) is 9.02. The first-order valence-electron chi connectivity index (χ1n) is 10.1. The Morgan fingerprint density at radius 3 is 2.79 bits per heavy atom. The van der Waals surface area contributed by atoms with E-state index in [0.717, 1.165) is 56.2 Å². The van der Waals surface area contributed by atoms with Crippen molar-refractivity contribution in [3.63, 3.8) is 0 Å². The standard InChI is InChI=1S/C20H26FN7/c21-18-5-4-13(11-24-18)16-10-14-17(12-23-16)26-27-20(14)15-2-1-3-19(25-15)28-8-6-22-7-9-28/h1-5,11,14,16-17,20,22-23,26-27H,6-10,12H2. The highest BCUT2D eigenvalue weighted by Gasteiger charge is 2.42. The van der Waals surface area contributed by atoms with Crippen LogP contribution in [0.2, 0.25) is 0 Å². The Morgan fingerprint density at radius 1 is 1.07 bits per heavy atom. The summed E-state index contributed by atoms with van der Waals surface area (Å²) in [4.78, 5) is 11.2. The van der Waals surface area contributed by atoms with Crippen molar-refractivity contribution < 1.29 is 4.39 Å². The molecule has 148 valence electrons. The van der Waals surface area contributed by atoms with E-state index in [2.05, 4.69) is 49.6 Å². The van der Waals surface area contributed by atoms with Gasteiger partial charge in [-0.2, -0.15) is 4.39 Å². The van der Waals surface area contributed by atoms with Gasteiger partial charge in [0.25, 0.3) is 0 Å². The molecule has 8 heteroatoms. The first-order chi connectivity index (χ1) is 13.8. The van der Waals surface area contributed by atoms with Crippen LogP contribution in [0.25, 0.3) is 0 Å². The maximum Gasteiger partial charge on any atom is 0.212 e. The van der Waals surface area contributed by atoms with E-state index in [9.17, 15) is 4.39 Å². The second-order valence-corrected chi connectivity index (χ2v) is 7.81. The van der Waals surface area contributed by atoms with E-state index in [1.807, 2.05) is 6.07 Å². The molecule has 3 aliphatic heterocycles. The van der Waals surface area contributed by atoms with Crippen LogP contribution in [0.1, 0.15) is 29.8 Å². The highest BCUT2D eigenvalue weighted by atomic mass is 19.1. The van der Waals surface area contributed by atoms with Gasteiger partial charge in [0.1, 0.15) is 5.82 Å². The van der Waals surface area contributed by atoms with Gasteiger partial charge < -0.3 is 15.5 Å². The van der Waals surface area contributed by atoms with Crippen LogP contribution in [0.15, 0.2) is 36.5 Å². The van der Waals surface area contributed by atoms with Gasteiger partial charge in [0.2, 0.25) is 5.95 Å². The number of piperidine rings is 1. The molecule has 0 amide bonds. The maximum absolute atomic E-state index is 13.2. The van der Waals surface area contributed by atoms with Crippen LogP contribution < -0.4 is 26.4 Å². The average Bonchev–Trinajstić information content (AvgIpc) is 3.18. The average molecular weight is 383 g/mol. The molecular weight excluding hydrogens is 357 g/mol. The number of aromatic nitrogens is 2. The van der Waals surface area contributed by atoms with E-state index in [1.54, 1.807) is 6.20 Å². The van der Waals surface area contributed by atoms with Crippen LogP contribution in [-0.2, 0) is 0 Å². The third-order valence-corrected chi connectivity index (χ3v) is 6.13. The summed E-state index contributed by atoms with van der Waals surface area (Å²) < 4.78 is 13.2. The quantitative estimate of drug-likeness (QED) is 0.587. The molecule has 28 heavy (non-hydrogen) atoms. The largest absolute Gasteiger partial charge is 0.354 e. The number of hydrogen-bond acceptors (Lipinski definition) is 7. The summed E-state index contributed by atoms with van der Waals surface area (Å²) in [6.45, 7) is 4.83. The number of anilines is 1. The lowest BCUT2D eigenvalue weighted by Gasteiger charge is -2.34. The predicted octanol–water partition coefficient (Wildman–Crippen LogP) is 0.894. The van der Waals surface area contributed by atoms with Crippen molar-refractivity contribution in [3.05, 3.63) is 53.7 Å². The van der Waals surface area contributed by atoms with Gasteiger partial charge in [0.15, 0.2) is 0 Å². The van der Waals surface area contributed by atoms with Gasteiger partial charge in [-0.05, 0) is 30.2 Å². The molecule has 0 radical (unpaired) electrons. The lowest BCUT2D eigenvalue weighted by Crippen LogP contribution is -2.46. The van der Waals surface area contributed by atoms with Gasteiger partial charge in [-0.3, -0.25) is 5.43 Å². The van der Waals surface area contributed by atoms with Crippen molar-refractivity contribution in [2.75, 3.05) is 37.6 Å². The second kappa shape index (κ2) is 7.71. The summed E-state index contributed by atoms with van der Waals surface area (Å²) in [6, 6.07) is 10.3. The van der Waals surface area contributed by atoms with Gasteiger partial charge in [0.05, 0.1) is 11.7 Å². The number of nitrogens with one attached hydrogen (secondary N) is 4. The van der Waals surface area contributed by atoms with Crippen molar-refractivity contribution in [3.8, 4) is 0 Å². The molecule has 0 aromatic carbocycles. The zero-order chi connectivity index (χ0) is 18.9. The fourth-order valence-corrected chi connectivity index (χ4v) is 4.59. The van der Waals surface area contributed by atoms with Crippen molar-refractivity contribution in [2.45, 2.75) is 24.5 Å². The first-order valence-corrected chi connectivity index (χ1v) is 10.1. The van der Waals surface area contributed by atoms with Crippen LogP contribution in [0.5, 0.6) is 0 Å². The summed E-state index contributed by atoms with van der Waals surface area (Å²) in [7, 11) is 0. The topological polar surface area (TPSA) is 77.1 Å². The molecule has 0 bridgehead atoms. The number of hydrogen-bond donors (Lipinski definition) is 4. The Hall–Kier alpha value is -2.13. The number of hydrazine groups is 1. The molecule has 7 nitrogen and oxygen atoms in total. The molecule has 4 unspecified atom stereocenters. The Bertz CT molecular complexity index is 808. The van der Waals surface area contributed by atoms with Crippen molar-refractivity contribution in [2.24, 2.45) is 5.92 Å². The molecular formula is C20H26FN7. The molecule has 3 fully saturated rings. The highest BCUT2D eigenvalue weighted by molar-refractivity contribution is 5.40. The normalized spacial score (nSPS) is 30.2. The molecule has 5 rings (SSSR count). The summed E-state index contributed by atoms with van der Waals surface area (Å²) in [5, 5.41) is 6.95. The fourth-order valence-electron chi connectivity index (χ4n) is 4.59. The van der Waals surface area contributed by atoms with Crippen molar-refractivity contribution in [1.82, 2.24) is 31.5 Å². The Balaban J connectivity index is 1.35. The minimum absolute atomic E-state index is 0.158. The third kappa shape index (κ3) is 3.48. The minimum atomic E-state index is -0.437. The molecule has 3 saturated heterocycles. The monoisotopic (exact) mass is 383 g/mol. The number of pyridine rings is 2. The smallest absolute Gasteiger partial charge is 0.212 e. The Morgan fingerprint density at radius 2 is 1.96 bits per heavy atom. The minimum Gasteiger partial charge on any atom is -0.354 e. The van der Waals surface area contributed by atoms with E-state index in [-0.39, 0.29) is 12.1 Å². The summed E-state index contributed by atoms with van der Waals surface area (Å²) in [5.74, 6) is 1.02. The van der Waals surface area contributed by atoms with E-state index in [0.29, 0.717) is 12.0 Å². The molecule has 0 spiro atoms. The molecule has 0 saturated carbocycles. The van der Waals surface area contributed by atoms with Gasteiger partial charge in [-0.15, -0.1) is 0 Å².